The van der Waals surface area contributed by atoms with Crippen molar-refractivity contribution < 1.29 is 4.70 Å². The molecule has 0 unspecified atom stereocenters. The van der Waals surface area contributed by atoms with Gasteiger partial charge in [-0.3, -0.25) is 0 Å². The second-order valence-electron chi connectivity index (χ2n) is 12.4. The fraction of sp³-hybridized carbons (Fsp3) is 0.561. The van der Waals surface area contributed by atoms with Crippen LogP contribution in [0.2, 0.25) is 0 Å². The van der Waals surface area contributed by atoms with Gasteiger partial charge in [0.25, 0.3) is 0 Å². The van der Waals surface area contributed by atoms with Gasteiger partial charge in [0.05, 0.1) is 0 Å². The Kier molecular flexibility index (Phi) is 16.8. The number of benzene rings is 2. The van der Waals surface area contributed by atoms with Crippen molar-refractivity contribution in [2.24, 2.45) is 0 Å². The van der Waals surface area contributed by atoms with E-state index in [-0.39, 0.29) is 0 Å². The maximum Gasteiger partial charge on any atom is 0.211 e. The molecule has 1 aliphatic rings. The van der Waals surface area contributed by atoms with E-state index < -0.39 is 0 Å². The summed E-state index contributed by atoms with van der Waals surface area (Å²) in [6.07, 6.45) is 26.5. The van der Waals surface area contributed by atoms with Crippen LogP contribution in [-0.2, 0) is 12.8 Å². The van der Waals surface area contributed by atoms with Crippen molar-refractivity contribution >= 4 is 11.4 Å². The summed E-state index contributed by atoms with van der Waals surface area (Å²) in [6.45, 7) is 6.78. The van der Waals surface area contributed by atoms with Gasteiger partial charge in [-0.05, 0) is 67.9 Å². The van der Waals surface area contributed by atoms with Crippen LogP contribution in [0.5, 0.6) is 0 Å². The van der Waals surface area contributed by atoms with Gasteiger partial charge in [-0.1, -0.05) is 128 Å². The summed E-state index contributed by atoms with van der Waals surface area (Å²) < 4.78 is 1.47. The lowest BCUT2D eigenvalue weighted by Crippen LogP contribution is -2.05. The van der Waals surface area contributed by atoms with Gasteiger partial charge in [0.1, 0.15) is 0 Å². The number of rotatable bonds is 21. The topological polar surface area (TPSA) is 25.3 Å². The molecule has 0 aromatic heterocycles. The zero-order valence-corrected chi connectivity index (χ0v) is 27.7. The number of nitrogens with zero attached hydrogens (tertiary/aromatic N) is 2. The molecule has 2 aromatic carbocycles. The smallest absolute Gasteiger partial charge is 0.211 e. The molecule has 0 fully saturated rings. The second kappa shape index (κ2) is 20.9. The Morgan fingerprint density at radius 2 is 1.26 bits per heavy atom. The summed E-state index contributed by atoms with van der Waals surface area (Å²) in [7, 11) is 0. The highest BCUT2D eigenvalue weighted by Crippen LogP contribution is 2.39. The van der Waals surface area contributed by atoms with Crippen molar-refractivity contribution in [1.82, 2.24) is 0 Å². The third kappa shape index (κ3) is 11.9. The molecule has 3 rings (SSSR count). The predicted molar refractivity (Wildman–Crippen MR) is 187 cm³/mol. The SMILES string of the molecule is CCCCCCCCCCCC#CCCc1ccccc1C1=C(CCCCCC)C=C(c2cccc(CCCC)c2)[N+]1=[N-]. The quantitative estimate of drug-likeness (QED) is 0.0799. The second-order valence-corrected chi connectivity index (χ2v) is 12.4. The van der Waals surface area contributed by atoms with Crippen molar-refractivity contribution in [2.45, 2.75) is 149 Å². The zero-order valence-electron chi connectivity index (χ0n) is 27.7. The molecule has 0 spiro atoms. The number of aryl methyl sites for hydroxylation is 2. The molecule has 0 saturated carbocycles. The molecule has 2 aromatic rings. The van der Waals surface area contributed by atoms with Crippen molar-refractivity contribution in [3.05, 3.63) is 88.0 Å². The minimum Gasteiger partial charge on any atom is -0.493 e. The maximum absolute atomic E-state index is 11.7. The Bertz CT molecular complexity index is 1240. The molecular formula is C41H58N2. The molecule has 2 nitrogen and oxygen atoms in total. The number of allylic oxidation sites excluding steroid dienone is 2. The molecule has 0 aliphatic carbocycles. The fourth-order valence-electron chi connectivity index (χ4n) is 6.11. The highest BCUT2D eigenvalue weighted by molar-refractivity contribution is 5.79. The normalized spacial score (nSPS) is 12.9. The average Bonchev–Trinajstić information content (AvgIpc) is 3.36. The van der Waals surface area contributed by atoms with Crippen LogP contribution in [0.15, 0.2) is 60.2 Å². The Morgan fingerprint density at radius 1 is 0.605 bits per heavy atom. The Labute approximate surface area is 264 Å². The summed E-state index contributed by atoms with van der Waals surface area (Å²) in [5.74, 6) is 6.89. The lowest BCUT2D eigenvalue weighted by Gasteiger charge is -2.13. The molecule has 0 amide bonds. The van der Waals surface area contributed by atoms with Crippen LogP contribution in [0.1, 0.15) is 159 Å². The monoisotopic (exact) mass is 578 g/mol. The molecule has 43 heavy (non-hydrogen) atoms. The van der Waals surface area contributed by atoms with Crippen molar-refractivity contribution in [1.29, 1.82) is 0 Å². The standard InChI is InChI=1S/C41H58N2/c1-4-7-10-12-13-14-15-16-17-18-19-20-22-28-36-29-23-24-32-39(36)41-38(30-21-11-8-5-2)34-40(43(41)42)37-31-25-27-35(33-37)26-9-6-3/h23-25,27,29,31-34H,4-18,21-22,26,28,30H2,1-3H3. The summed E-state index contributed by atoms with van der Waals surface area (Å²) >= 11 is 0. The van der Waals surface area contributed by atoms with Crippen LogP contribution < -0.4 is 0 Å². The van der Waals surface area contributed by atoms with Gasteiger partial charge in [-0.25, -0.2) is 4.70 Å². The minimum atomic E-state index is 0.860. The first-order chi connectivity index (χ1) is 21.2. The molecule has 0 radical (unpaired) electrons. The van der Waals surface area contributed by atoms with Crippen molar-refractivity contribution in [3.63, 3.8) is 0 Å². The van der Waals surface area contributed by atoms with Crippen molar-refractivity contribution in [3.8, 4) is 11.8 Å². The molecule has 2 heteroatoms. The van der Waals surface area contributed by atoms with Crippen molar-refractivity contribution in [2.75, 3.05) is 0 Å². The molecule has 0 bridgehead atoms. The van der Waals surface area contributed by atoms with E-state index in [4.69, 9.17) is 0 Å². The van der Waals surface area contributed by atoms with Crippen LogP contribution in [-0.4, -0.2) is 4.70 Å². The third-order valence-electron chi connectivity index (χ3n) is 8.72. The molecule has 1 heterocycles. The van der Waals surface area contributed by atoms with Crippen LogP contribution in [0.3, 0.4) is 0 Å². The highest BCUT2D eigenvalue weighted by Gasteiger charge is 2.30. The first-order valence-corrected chi connectivity index (χ1v) is 17.8. The summed E-state index contributed by atoms with van der Waals surface area (Å²) in [5.41, 5.74) is 19.6. The predicted octanol–water partition coefficient (Wildman–Crippen LogP) is 12.7. The highest BCUT2D eigenvalue weighted by atomic mass is 15.2. The van der Waals surface area contributed by atoms with E-state index in [1.807, 2.05) is 0 Å². The summed E-state index contributed by atoms with van der Waals surface area (Å²) in [5, 5.41) is 0. The molecule has 0 atom stereocenters. The molecular weight excluding hydrogens is 520 g/mol. The van der Waals surface area contributed by atoms with Gasteiger partial charge in [0, 0.05) is 35.6 Å². The Balaban J connectivity index is 1.64. The first-order valence-electron chi connectivity index (χ1n) is 17.8. The minimum absolute atomic E-state index is 0.860. The average molecular weight is 579 g/mol. The first kappa shape index (κ1) is 34.6. The van der Waals surface area contributed by atoms with Crippen LogP contribution in [0.4, 0.5) is 0 Å². The van der Waals surface area contributed by atoms with E-state index in [1.54, 1.807) is 0 Å². The van der Waals surface area contributed by atoms with Gasteiger partial charge in [0.2, 0.25) is 11.4 Å². The zero-order chi connectivity index (χ0) is 30.5. The van der Waals surface area contributed by atoms with Crippen LogP contribution in [0.25, 0.3) is 16.9 Å². The van der Waals surface area contributed by atoms with Gasteiger partial charge in [-0.15, -0.1) is 11.8 Å². The third-order valence-corrected chi connectivity index (χ3v) is 8.72. The van der Waals surface area contributed by atoms with Gasteiger partial charge >= 0.3 is 0 Å². The van der Waals surface area contributed by atoms with Crippen LogP contribution in [0, 0.1) is 11.8 Å². The number of unbranched alkanes of at least 4 members (excludes halogenated alkanes) is 13. The van der Waals surface area contributed by atoms with E-state index in [0.29, 0.717) is 0 Å². The van der Waals surface area contributed by atoms with Crippen LogP contribution >= 0.6 is 0 Å². The summed E-state index contributed by atoms with van der Waals surface area (Å²) in [4.78, 5) is 0. The molecule has 232 valence electrons. The van der Waals surface area contributed by atoms with Gasteiger partial charge in [-0.2, -0.15) is 0 Å². The van der Waals surface area contributed by atoms with E-state index >= 15 is 0 Å². The van der Waals surface area contributed by atoms with E-state index in [9.17, 15) is 5.53 Å². The number of hydrogen-bond donors (Lipinski definition) is 0. The molecule has 0 N–H and O–H groups in total. The Morgan fingerprint density at radius 3 is 2.00 bits per heavy atom. The van der Waals surface area contributed by atoms with E-state index in [2.05, 4.69) is 87.2 Å². The van der Waals surface area contributed by atoms with E-state index in [1.165, 1.54) is 111 Å². The van der Waals surface area contributed by atoms with Gasteiger partial charge < -0.3 is 5.53 Å². The van der Waals surface area contributed by atoms with Gasteiger partial charge in [0.15, 0.2) is 0 Å². The lowest BCUT2D eigenvalue weighted by atomic mass is 9.96. The molecule has 1 aliphatic heterocycles. The summed E-state index contributed by atoms with van der Waals surface area (Å²) in [6, 6.07) is 17.4. The van der Waals surface area contributed by atoms with E-state index in [0.717, 1.165) is 61.0 Å². The Hall–Kier alpha value is -2.92. The number of hydrogen-bond acceptors (Lipinski definition) is 0. The fourth-order valence-corrected chi connectivity index (χ4v) is 6.11. The lowest BCUT2D eigenvalue weighted by molar-refractivity contribution is -0.344. The molecule has 0 saturated heterocycles. The maximum atomic E-state index is 11.7. The largest absolute Gasteiger partial charge is 0.493 e.